The molecule has 0 aliphatic carbocycles. The molecule has 0 unspecified atom stereocenters. The molecule has 0 fully saturated rings. The maximum Gasteiger partial charge on any atom is 0.216 e. The van der Waals surface area contributed by atoms with Crippen molar-refractivity contribution in [1.29, 1.82) is 0 Å². The Balaban J connectivity index is 2.68. The first kappa shape index (κ1) is 11.0. The smallest absolute Gasteiger partial charge is 0.216 e. The number of hydrogen-bond acceptors (Lipinski definition) is 3. The van der Waals surface area contributed by atoms with Crippen molar-refractivity contribution in [2.24, 2.45) is 5.41 Å². The van der Waals surface area contributed by atoms with E-state index < -0.39 is 0 Å². The lowest BCUT2D eigenvalue weighted by atomic mass is 9.99. The van der Waals surface area contributed by atoms with Crippen LogP contribution in [-0.4, -0.2) is 16.6 Å². The first-order valence-electron chi connectivity index (χ1n) is 4.82. The van der Waals surface area contributed by atoms with Crippen LogP contribution in [0.1, 0.15) is 32.3 Å². The number of rotatable bonds is 2. The highest BCUT2D eigenvalue weighted by atomic mass is 16.5. The Hall–Kier alpha value is -1.12. The van der Waals surface area contributed by atoms with Gasteiger partial charge in [-0.25, -0.2) is 4.98 Å². The van der Waals surface area contributed by atoms with Gasteiger partial charge < -0.3 is 4.74 Å². The average Bonchev–Trinajstić information content (AvgIpc) is 1.97. The molecule has 0 aliphatic rings. The molecular formula is C11H18N2O. The summed E-state index contributed by atoms with van der Waals surface area (Å²) < 4.78 is 5.58. The molecule has 1 aromatic heterocycles. The van der Waals surface area contributed by atoms with Crippen molar-refractivity contribution in [1.82, 2.24) is 9.97 Å². The zero-order valence-electron chi connectivity index (χ0n) is 9.59. The molecule has 14 heavy (non-hydrogen) atoms. The van der Waals surface area contributed by atoms with Crippen molar-refractivity contribution in [3.05, 3.63) is 17.6 Å². The van der Waals surface area contributed by atoms with Crippen molar-refractivity contribution < 1.29 is 4.74 Å². The van der Waals surface area contributed by atoms with Crippen molar-refractivity contribution in [2.45, 2.75) is 34.6 Å². The molecule has 0 bridgehead atoms. The molecule has 0 atom stereocenters. The van der Waals surface area contributed by atoms with Gasteiger partial charge in [0.25, 0.3) is 0 Å². The van der Waals surface area contributed by atoms with Crippen LogP contribution in [0.2, 0.25) is 0 Å². The summed E-state index contributed by atoms with van der Waals surface area (Å²) in [4.78, 5) is 8.39. The summed E-state index contributed by atoms with van der Waals surface area (Å²) in [7, 11) is 0. The van der Waals surface area contributed by atoms with E-state index in [4.69, 9.17) is 4.74 Å². The fourth-order valence-electron chi connectivity index (χ4n) is 1.05. The molecule has 0 aromatic carbocycles. The fraction of sp³-hybridized carbons (Fsp3) is 0.636. The molecule has 1 rings (SSSR count). The number of ether oxygens (including phenoxy) is 1. The Labute approximate surface area is 85.5 Å². The quantitative estimate of drug-likeness (QED) is 0.725. The molecule has 0 spiro atoms. The van der Waals surface area contributed by atoms with Crippen LogP contribution in [0.15, 0.2) is 6.07 Å². The van der Waals surface area contributed by atoms with Gasteiger partial charge in [0.15, 0.2) is 0 Å². The van der Waals surface area contributed by atoms with E-state index in [9.17, 15) is 0 Å². The minimum atomic E-state index is 0.159. The van der Waals surface area contributed by atoms with Crippen LogP contribution in [0.5, 0.6) is 5.88 Å². The predicted molar refractivity (Wildman–Crippen MR) is 56.5 cm³/mol. The highest BCUT2D eigenvalue weighted by Crippen LogP contribution is 2.16. The van der Waals surface area contributed by atoms with Gasteiger partial charge in [-0.05, 0) is 19.3 Å². The van der Waals surface area contributed by atoms with Crippen molar-refractivity contribution in [3.63, 3.8) is 0 Å². The van der Waals surface area contributed by atoms with Gasteiger partial charge in [-0.15, -0.1) is 0 Å². The molecule has 0 amide bonds. The van der Waals surface area contributed by atoms with E-state index in [-0.39, 0.29) is 5.41 Å². The van der Waals surface area contributed by atoms with E-state index in [1.807, 2.05) is 19.9 Å². The highest BCUT2D eigenvalue weighted by Gasteiger charge is 2.11. The summed E-state index contributed by atoms with van der Waals surface area (Å²) in [5.74, 6) is 1.43. The molecule has 0 aliphatic heterocycles. The molecule has 0 saturated heterocycles. The second kappa shape index (κ2) is 3.95. The summed E-state index contributed by atoms with van der Waals surface area (Å²) in [5.41, 5.74) is 1.11. The first-order valence-corrected chi connectivity index (χ1v) is 4.82. The third-order valence-corrected chi connectivity index (χ3v) is 1.60. The van der Waals surface area contributed by atoms with Gasteiger partial charge in [-0.3, -0.25) is 0 Å². The van der Waals surface area contributed by atoms with Crippen LogP contribution in [0.4, 0.5) is 0 Å². The second-order valence-electron chi connectivity index (χ2n) is 4.74. The van der Waals surface area contributed by atoms with Crippen LogP contribution in [-0.2, 0) is 0 Å². The van der Waals surface area contributed by atoms with Gasteiger partial charge >= 0.3 is 0 Å². The molecule has 0 radical (unpaired) electrons. The SMILES string of the molecule is Cc1cc(OCC(C)(C)C)nc(C)n1. The van der Waals surface area contributed by atoms with Gasteiger partial charge in [0.1, 0.15) is 5.82 Å². The number of aromatic nitrogens is 2. The van der Waals surface area contributed by atoms with Crippen LogP contribution >= 0.6 is 0 Å². The molecule has 0 saturated carbocycles. The van der Waals surface area contributed by atoms with Gasteiger partial charge in [-0.1, -0.05) is 20.8 Å². The summed E-state index contributed by atoms with van der Waals surface area (Å²) in [6.45, 7) is 10.9. The van der Waals surface area contributed by atoms with Crippen LogP contribution < -0.4 is 4.74 Å². The number of aryl methyl sites for hydroxylation is 2. The lowest BCUT2D eigenvalue weighted by Gasteiger charge is -2.18. The van der Waals surface area contributed by atoms with E-state index in [1.54, 1.807) is 0 Å². The second-order valence-corrected chi connectivity index (χ2v) is 4.74. The summed E-state index contributed by atoms with van der Waals surface area (Å²) in [6, 6.07) is 1.86. The number of nitrogens with zero attached hydrogens (tertiary/aromatic N) is 2. The molecular weight excluding hydrogens is 176 g/mol. The van der Waals surface area contributed by atoms with Gasteiger partial charge in [-0.2, -0.15) is 4.98 Å². The predicted octanol–water partition coefficient (Wildman–Crippen LogP) is 2.52. The van der Waals surface area contributed by atoms with Crippen molar-refractivity contribution >= 4 is 0 Å². The van der Waals surface area contributed by atoms with E-state index >= 15 is 0 Å². The highest BCUT2D eigenvalue weighted by molar-refractivity contribution is 5.14. The summed E-state index contributed by atoms with van der Waals surface area (Å²) >= 11 is 0. The standard InChI is InChI=1S/C11H18N2O/c1-8-6-10(13-9(2)12-8)14-7-11(3,4)5/h6H,7H2,1-5H3. The minimum Gasteiger partial charge on any atom is -0.477 e. The topological polar surface area (TPSA) is 35.0 Å². The van der Waals surface area contributed by atoms with E-state index in [1.165, 1.54) is 0 Å². The normalized spacial score (nSPS) is 11.5. The Morgan fingerprint density at radius 2 is 1.86 bits per heavy atom. The molecule has 78 valence electrons. The molecule has 3 nitrogen and oxygen atoms in total. The largest absolute Gasteiger partial charge is 0.477 e. The zero-order chi connectivity index (χ0) is 10.8. The molecule has 3 heteroatoms. The van der Waals surface area contributed by atoms with E-state index in [2.05, 4.69) is 30.7 Å². The third-order valence-electron chi connectivity index (χ3n) is 1.60. The lowest BCUT2D eigenvalue weighted by molar-refractivity contribution is 0.191. The minimum absolute atomic E-state index is 0.159. The lowest BCUT2D eigenvalue weighted by Crippen LogP contribution is -2.17. The van der Waals surface area contributed by atoms with E-state index in [0.29, 0.717) is 12.5 Å². The van der Waals surface area contributed by atoms with Crippen molar-refractivity contribution in [3.8, 4) is 5.88 Å². The van der Waals surface area contributed by atoms with Crippen LogP contribution in [0, 0.1) is 19.3 Å². The maximum absolute atomic E-state index is 5.58. The van der Waals surface area contributed by atoms with Crippen LogP contribution in [0.3, 0.4) is 0 Å². The van der Waals surface area contributed by atoms with Gasteiger partial charge in [0, 0.05) is 11.8 Å². The van der Waals surface area contributed by atoms with Crippen LogP contribution in [0.25, 0.3) is 0 Å². The molecule has 1 aromatic rings. The van der Waals surface area contributed by atoms with Gasteiger partial charge in [0.05, 0.1) is 6.61 Å². The van der Waals surface area contributed by atoms with E-state index in [0.717, 1.165) is 11.5 Å². The Morgan fingerprint density at radius 1 is 1.21 bits per heavy atom. The monoisotopic (exact) mass is 194 g/mol. The first-order chi connectivity index (χ1) is 6.37. The Morgan fingerprint density at radius 3 is 2.36 bits per heavy atom. The summed E-state index contributed by atoms with van der Waals surface area (Å²) in [5, 5.41) is 0. The van der Waals surface area contributed by atoms with Crippen molar-refractivity contribution in [2.75, 3.05) is 6.61 Å². The Bertz CT molecular complexity index is 295. The molecule has 1 heterocycles. The summed E-state index contributed by atoms with van der Waals surface area (Å²) in [6.07, 6.45) is 0. The van der Waals surface area contributed by atoms with Gasteiger partial charge in [0.2, 0.25) is 5.88 Å². The molecule has 0 N–H and O–H groups in total. The zero-order valence-corrected chi connectivity index (χ0v) is 9.59. The average molecular weight is 194 g/mol. The Kier molecular flexibility index (Phi) is 3.09. The number of hydrogen-bond donors (Lipinski definition) is 0. The third kappa shape index (κ3) is 3.73. The fourth-order valence-corrected chi connectivity index (χ4v) is 1.05. The maximum atomic E-state index is 5.58.